The van der Waals surface area contributed by atoms with Gasteiger partial charge in [0.1, 0.15) is 5.75 Å². The van der Waals surface area contributed by atoms with E-state index in [9.17, 15) is 4.79 Å². The van der Waals surface area contributed by atoms with E-state index < -0.39 is 0 Å². The van der Waals surface area contributed by atoms with Crippen LogP contribution in [0.3, 0.4) is 0 Å². The van der Waals surface area contributed by atoms with Gasteiger partial charge in [0.2, 0.25) is 5.91 Å². The van der Waals surface area contributed by atoms with Gasteiger partial charge in [-0.15, -0.1) is 12.4 Å². The normalized spacial score (nSPS) is 23.9. The summed E-state index contributed by atoms with van der Waals surface area (Å²) >= 11 is 0. The summed E-state index contributed by atoms with van der Waals surface area (Å²) in [5.41, 5.74) is 8.87. The second-order valence-electron chi connectivity index (χ2n) is 8.12. The van der Waals surface area contributed by atoms with Crippen LogP contribution in [0.4, 0.5) is 0 Å². The lowest BCUT2D eigenvalue weighted by molar-refractivity contribution is -0.133. The monoisotopic (exact) mass is 429 g/mol. The molecule has 6 heteroatoms. The summed E-state index contributed by atoms with van der Waals surface area (Å²) in [4.78, 5) is 17.4. The van der Waals surface area contributed by atoms with E-state index in [-0.39, 0.29) is 30.4 Å². The van der Waals surface area contributed by atoms with Crippen molar-refractivity contribution in [2.24, 2.45) is 5.73 Å². The predicted molar refractivity (Wildman–Crippen MR) is 122 cm³/mol. The van der Waals surface area contributed by atoms with Crippen LogP contribution in [0.1, 0.15) is 42.9 Å². The highest BCUT2D eigenvalue weighted by Gasteiger charge is 2.35. The number of amides is 1. The van der Waals surface area contributed by atoms with Crippen LogP contribution < -0.4 is 10.5 Å². The van der Waals surface area contributed by atoms with Gasteiger partial charge < -0.3 is 15.4 Å². The molecule has 5 nitrogen and oxygen atoms in total. The van der Waals surface area contributed by atoms with Crippen LogP contribution in [0.25, 0.3) is 0 Å². The summed E-state index contributed by atoms with van der Waals surface area (Å²) in [6, 6.07) is 18.9. The molecule has 2 N–H and O–H groups in total. The molecule has 0 bridgehead atoms. The molecule has 4 rings (SSSR count). The molecule has 0 spiro atoms. The second-order valence-corrected chi connectivity index (χ2v) is 8.12. The first-order valence-corrected chi connectivity index (χ1v) is 10.7. The number of halogens is 1. The Balaban J connectivity index is 0.00000256. The Morgan fingerprint density at radius 3 is 2.50 bits per heavy atom. The van der Waals surface area contributed by atoms with Crippen LogP contribution in [0.15, 0.2) is 54.6 Å². The van der Waals surface area contributed by atoms with Crippen LogP contribution in [0.5, 0.6) is 5.75 Å². The first kappa shape index (κ1) is 22.6. The number of ether oxygens (including phenoxy) is 1. The third-order valence-corrected chi connectivity index (χ3v) is 6.18. The fourth-order valence-corrected chi connectivity index (χ4v) is 4.74. The molecular formula is C24H32ClN3O2. The molecule has 2 aliphatic rings. The lowest BCUT2D eigenvalue weighted by Gasteiger charge is -2.27. The van der Waals surface area contributed by atoms with Gasteiger partial charge in [-0.1, -0.05) is 42.5 Å². The number of likely N-dealkylation sites (tertiary alicyclic amines) is 2. The van der Waals surface area contributed by atoms with Gasteiger partial charge in [0.25, 0.3) is 0 Å². The summed E-state index contributed by atoms with van der Waals surface area (Å²) in [7, 11) is 0. The van der Waals surface area contributed by atoms with Crippen molar-refractivity contribution in [2.75, 3.05) is 32.8 Å². The summed E-state index contributed by atoms with van der Waals surface area (Å²) < 4.78 is 5.54. The van der Waals surface area contributed by atoms with Crippen LogP contribution in [0.2, 0.25) is 0 Å². The van der Waals surface area contributed by atoms with Gasteiger partial charge in [0.15, 0.2) is 0 Å². The molecule has 162 valence electrons. The minimum absolute atomic E-state index is 0. The lowest BCUT2D eigenvalue weighted by Crippen LogP contribution is -2.40. The minimum atomic E-state index is 0. The zero-order chi connectivity index (χ0) is 20.2. The summed E-state index contributed by atoms with van der Waals surface area (Å²) in [6.07, 6.45) is 2.07. The Hall–Kier alpha value is -2.08. The van der Waals surface area contributed by atoms with Gasteiger partial charge in [0, 0.05) is 31.6 Å². The molecule has 30 heavy (non-hydrogen) atoms. The fraction of sp³-hybridized carbons (Fsp3) is 0.458. The maximum atomic E-state index is 13.1. The maximum Gasteiger partial charge on any atom is 0.237 e. The number of rotatable bonds is 6. The number of nitrogens with zero attached hydrogens (tertiary/aromatic N) is 2. The molecule has 1 amide bonds. The van der Waals surface area contributed by atoms with Crippen molar-refractivity contribution in [3.63, 3.8) is 0 Å². The minimum Gasteiger partial charge on any atom is -0.494 e. The molecule has 2 heterocycles. The quantitative estimate of drug-likeness (QED) is 0.762. The smallest absolute Gasteiger partial charge is 0.237 e. The van der Waals surface area contributed by atoms with E-state index >= 15 is 0 Å². The molecule has 1 unspecified atom stereocenters. The Labute approximate surface area is 185 Å². The Kier molecular flexibility index (Phi) is 7.75. The van der Waals surface area contributed by atoms with E-state index in [4.69, 9.17) is 10.5 Å². The largest absolute Gasteiger partial charge is 0.494 e. The summed E-state index contributed by atoms with van der Waals surface area (Å²) in [5, 5.41) is 0. The molecule has 2 aromatic rings. The van der Waals surface area contributed by atoms with Crippen LogP contribution in [-0.2, 0) is 4.79 Å². The molecule has 3 atom stereocenters. The Bertz CT molecular complexity index is 815. The highest BCUT2D eigenvalue weighted by molar-refractivity contribution is 5.85. The zero-order valence-corrected chi connectivity index (χ0v) is 18.4. The number of carbonyl (C=O) groups is 1. The Morgan fingerprint density at radius 2 is 1.80 bits per heavy atom. The van der Waals surface area contributed by atoms with Crippen molar-refractivity contribution < 1.29 is 9.53 Å². The lowest BCUT2D eigenvalue weighted by atomic mass is 9.95. The van der Waals surface area contributed by atoms with Gasteiger partial charge in [-0.3, -0.25) is 9.69 Å². The third kappa shape index (κ3) is 4.97. The van der Waals surface area contributed by atoms with Crippen molar-refractivity contribution in [3.8, 4) is 5.75 Å². The van der Waals surface area contributed by atoms with E-state index in [1.54, 1.807) is 0 Å². The average Bonchev–Trinajstić information content (AvgIpc) is 3.36. The average molecular weight is 430 g/mol. The molecule has 0 aliphatic carbocycles. The standard InChI is InChI=1S/C24H31N3O2.ClH/c1-2-29-20-12-10-19(11-13-20)23-9-6-14-27(23)24(28)17-26-15-21(22(25)16-26)18-7-4-3-5-8-18;/h3-5,7-8,10-13,21-23H,2,6,9,14-17,25H2,1H3;1H/t21-,22+,23?;/m0./s1. The molecule has 0 radical (unpaired) electrons. The van der Waals surface area contributed by atoms with Gasteiger partial charge in [-0.05, 0) is 43.0 Å². The number of benzene rings is 2. The molecule has 0 aromatic heterocycles. The highest BCUT2D eigenvalue weighted by atomic mass is 35.5. The van der Waals surface area contributed by atoms with E-state index in [1.165, 1.54) is 11.1 Å². The Morgan fingerprint density at radius 1 is 1.07 bits per heavy atom. The maximum absolute atomic E-state index is 13.1. The van der Waals surface area contributed by atoms with E-state index in [0.29, 0.717) is 19.1 Å². The number of nitrogens with two attached hydrogens (primary N) is 1. The number of hydrogen-bond donors (Lipinski definition) is 1. The fourth-order valence-electron chi connectivity index (χ4n) is 4.74. The van der Waals surface area contributed by atoms with Gasteiger partial charge in [0.05, 0.1) is 19.2 Å². The SMILES string of the molecule is CCOc1ccc(C2CCCN2C(=O)CN2C[C@@H](N)[C@H](c3ccccc3)C2)cc1.Cl. The van der Waals surface area contributed by atoms with E-state index in [0.717, 1.165) is 38.2 Å². The van der Waals surface area contributed by atoms with Crippen LogP contribution in [0, 0.1) is 0 Å². The molecular weight excluding hydrogens is 398 g/mol. The first-order valence-electron chi connectivity index (χ1n) is 10.7. The molecule has 2 aliphatic heterocycles. The molecule has 0 saturated carbocycles. The van der Waals surface area contributed by atoms with E-state index in [2.05, 4.69) is 46.2 Å². The van der Waals surface area contributed by atoms with Crippen molar-refractivity contribution in [1.29, 1.82) is 0 Å². The molecule has 2 saturated heterocycles. The number of carbonyl (C=O) groups excluding carboxylic acids is 1. The predicted octanol–water partition coefficient (Wildman–Crippen LogP) is 3.60. The first-order chi connectivity index (χ1) is 14.2. The van der Waals surface area contributed by atoms with Gasteiger partial charge in [-0.2, -0.15) is 0 Å². The highest BCUT2D eigenvalue weighted by Crippen LogP contribution is 2.33. The van der Waals surface area contributed by atoms with Crippen molar-refractivity contribution >= 4 is 18.3 Å². The van der Waals surface area contributed by atoms with Crippen molar-refractivity contribution in [3.05, 3.63) is 65.7 Å². The van der Waals surface area contributed by atoms with Crippen molar-refractivity contribution in [1.82, 2.24) is 9.80 Å². The zero-order valence-electron chi connectivity index (χ0n) is 17.6. The summed E-state index contributed by atoms with van der Waals surface area (Å²) in [6.45, 7) is 5.54. The van der Waals surface area contributed by atoms with Gasteiger partial charge in [-0.25, -0.2) is 0 Å². The van der Waals surface area contributed by atoms with Crippen molar-refractivity contribution in [2.45, 2.75) is 37.8 Å². The number of hydrogen-bond acceptors (Lipinski definition) is 4. The van der Waals surface area contributed by atoms with E-state index in [1.807, 2.05) is 25.1 Å². The van der Waals surface area contributed by atoms with Crippen LogP contribution in [-0.4, -0.2) is 54.5 Å². The molecule has 2 aromatic carbocycles. The third-order valence-electron chi connectivity index (χ3n) is 6.18. The summed E-state index contributed by atoms with van der Waals surface area (Å²) in [5.74, 6) is 1.39. The second kappa shape index (κ2) is 10.3. The van der Waals surface area contributed by atoms with Crippen LogP contribution >= 0.6 is 12.4 Å². The molecule has 2 fully saturated rings. The van der Waals surface area contributed by atoms with Gasteiger partial charge >= 0.3 is 0 Å². The topological polar surface area (TPSA) is 58.8 Å².